The molecule has 0 aliphatic rings. The van der Waals surface area contributed by atoms with E-state index in [1.807, 2.05) is 25.1 Å². The molecule has 0 aliphatic heterocycles. The van der Waals surface area contributed by atoms with Gasteiger partial charge in [0, 0.05) is 5.39 Å². The molecule has 0 N–H and O–H groups in total. The molecular weight excluding hydrogens is 184 g/mol. The maximum atomic E-state index is 5.59. The van der Waals surface area contributed by atoms with Crippen molar-refractivity contribution in [2.24, 2.45) is 0 Å². The summed E-state index contributed by atoms with van der Waals surface area (Å²) in [5.74, 6) is 1.59. The number of benzene rings is 2. The zero-order valence-electron chi connectivity index (χ0n) is 9.08. The second-order valence-corrected chi connectivity index (χ2v) is 3.73. The molecule has 0 aromatic heterocycles. The predicted molar refractivity (Wildman–Crippen MR) is 64.1 cm³/mol. The number of allylic oxidation sites excluding steroid dienone is 1. The number of aryl methyl sites for hydroxylation is 1. The van der Waals surface area contributed by atoms with Crippen molar-refractivity contribution in [3.8, 4) is 5.75 Å². The molecule has 0 unspecified atom stereocenters. The van der Waals surface area contributed by atoms with E-state index in [1.165, 1.54) is 10.9 Å². The summed E-state index contributed by atoms with van der Waals surface area (Å²) in [4.78, 5) is 0. The molecule has 0 atom stereocenters. The molecular formula is C14H14O. The highest BCUT2D eigenvalue weighted by Crippen LogP contribution is 2.28. The second kappa shape index (κ2) is 3.77. The van der Waals surface area contributed by atoms with Gasteiger partial charge in [0.1, 0.15) is 5.75 Å². The molecule has 0 bridgehead atoms. The van der Waals surface area contributed by atoms with Crippen LogP contribution in [0.25, 0.3) is 10.8 Å². The Balaban J connectivity index is 2.66. The maximum Gasteiger partial charge on any atom is 0.134 e. The molecule has 2 aromatic carbocycles. The average molecular weight is 198 g/mol. The first-order valence-electron chi connectivity index (χ1n) is 5.00. The van der Waals surface area contributed by atoms with Gasteiger partial charge in [0.25, 0.3) is 0 Å². The van der Waals surface area contributed by atoms with E-state index in [9.17, 15) is 0 Å². The van der Waals surface area contributed by atoms with Gasteiger partial charge < -0.3 is 4.74 Å². The molecule has 0 fully saturated rings. The Morgan fingerprint density at radius 2 is 1.73 bits per heavy atom. The molecule has 2 rings (SSSR count). The highest BCUT2D eigenvalue weighted by Gasteiger charge is 2.03. The van der Waals surface area contributed by atoms with Crippen LogP contribution in [-0.4, -0.2) is 0 Å². The molecule has 0 radical (unpaired) electrons. The van der Waals surface area contributed by atoms with Crippen molar-refractivity contribution in [1.82, 2.24) is 0 Å². The Kier molecular flexibility index (Phi) is 2.46. The van der Waals surface area contributed by atoms with Crippen LogP contribution in [-0.2, 0) is 0 Å². The van der Waals surface area contributed by atoms with Crippen LogP contribution in [0.2, 0.25) is 0 Å². The molecule has 15 heavy (non-hydrogen) atoms. The summed E-state index contributed by atoms with van der Waals surface area (Å²) in [5.41, 5.74) is 1.26. The molecule has 0 saturated carbocycles. The lowest BCUT2D eigenvalue weighted by Gasteiger charge is -2.09. The lowest BCUT2D eigenvalue weighted by molar-refractivity contribution is 0.435. The monoisotopic (exact) mass is 198 g/mol. The smallest absolute Gasteiger partial charge is 0.134 e. The number of hydrogen-bond acceptors (Lipinski definition) is 1. The van der Waals surface area contributed by atoms with E-state index in [0.717, 1.165) is 11.1 Å². The zero-order chi connectivity index (χ0) is 10.8. The fourth-order valence-electron chi connectivity index (χ4n) is 1.70. The first-order valence-corrected chi connectivity index (χ1v) is 5.00. The van der Waals surface area contributed by atoms with Gasteiger partial charge in [0.15, 0.2) is 0 Å². The summed E-state index contributed by atoms with van der Waals surface area (Å²) in [6.07, 6.45) is 0. The molecule has 2 aromatic rings. The quantitative estimate of drug-likeness (QED) is 0.661. The summed E-state index contributed by atoms with van der Waals surface area (Å²) in [6.45, 7) is 7.72. The summed E-state index contributed by atoms with van der Waals surface area (Å²) in [7, 11) is 0. The van der Waals surface area contributed by atoms with E-state index in [-0.39, 0.29) is 0 Å². The molecule has 0 spiro atoms. The van der Waals surface area contributed by atoms with Crippen LogP contribution in [0.4, 0.5) is 0 Å². The van der Waals surface area contributed by atoms with Gasteiger partial charge in [0.05, 0.1) is 5.76 Å². The lowest BCUT2D eigenvalue weighted by atomic mass is 10.0. The van der Waals surface area contributed by atoms with E-state index < -0.39 is 0 Å². The van der Waals surface area contributed by atoms with Crippen molar-refractivity contribution >= 4 is 10.8 Å². The van der Waals surface area contributed by atoms with Gasteiger partial charge in [-0.05, 0) is 30.9 Å². The normalized spacial score (nSPS) is 10.3. The number of ether oxygens (including phenoxy) is 1. The van der Waals surface area contributed by atoms with E-state index in [2.05, 4.69) is 31.7 Å². The fourth-order valence-corrected chi connectivity index (χ4v) is 1.70. The fraction of sp³-hybridized carbons (Fsp3) is 0.143. The molecule has 1 heteroatoms. The van der Waals surface area contributed by atoms with E-state index in [0.29, 0.717) is 5.76 Å². The molecule has 76 valence electrons. The minimum atomic E-state index is 0.712. The minimum Gasteiger partial charge on any atom is -0.462 e. The Labute approximate surface area is 90.0 Å². The Morgan fingerprint density at radius 1 is 1.07 bits per heavy atom. The van der Waals surface area contributed by atoms with Gasteiger partial charge in [-0.15, -0.1) is 0 Å². The zero-order valence-corrected chi connectivity index (χ0v) is 9.08. The van der Waals surface area contributed by atoms with Crippen molar-refractivity contribution in [2.45, 2.75) is 13.8 Å². The van der Waals surface area contributed by atoms with Crippen molar-refractivity contribution < 1.29 is 4.74 Å². The summed E-state index contributed by atoms with van der Waals surface area (Å²) in [5, 5.41) is 2.37. The highest BCUT2D eigenvalue weighted by atomic mass is 16.5. The standard InChI is InChI=1S/C14H14O/c1-10(2)15-14-9-8-11(3)12-6-4-5-7-13(12)14/h4-9H,1H2,2-3H3. The molecule has 0 amide bonds. The van der Waals surface area contributed by atoms with Crippen LogP contribution in [0.5, 0.6) is 5.75 Å². The molecule has 0 aliphatic carbocycles. The van der Waals surface area contributed by atoms with Crippen molar-refractivity contribution in [3.63, 3.8) is 0 Å². The van der Waals surface area contributed by atoms with Crippen molar-refractivity contribution in [3.05, 3.63) is 54.3 Å². The Bertz CT molecular complexity index is 512. The predicted octanol–water partition coefficient (Wildman–Crippen LogP) is 4.06. The van der Waals surface area contributed by atoms with Crippen molar-refractivity contribution in [2.75, 3.05) is 0 Å². The largest absolute Gasteiger partial charge is 0.462 e. The third-order valence-electron chi connectivity index (χ3n) is 2.39. The maximum absolute atomic E-state index is 5.59. The van der Waals surface area contributed by atoms with Gasteiger partial charge in [0.2, 0.25) is 0 Å². The van der Waals surface area contributed by atoms with Gasteiger partial charge >= 0.3 is 0 Å². The first-order chi connectivity index (χ1) is 7.18. The Hall–Kier alpha value is -1.76. The summed E-state index contributed by atoms with van der Waals surface area (Å²) >= 11 is 0. The SMILES string of the molecule is C=C(C)Oc1ccc(C)c2ccccc12. The van der Waals surface area contributed by atoms with Crippen molar-refractivity contribution in [1.29, 1.82) is 0 Å². The lowest BCUT2D eigenvalue weighted by Crippen LogP contribution is -1.90. The number of fused-ring (bicyclic) bond motifs is 1. The van der Waals surface area contributed by atoms with Crippen LogP contribution in [0.15, 0.2) is 48.7 Å². The van der Waals surface area contributed by atoms with E-state index in [1.54, 1.807) is 0 Å². The minimum absolute atomic E-state index is 0.712. The third kappa shape index (κ3) is 1.86. The number of hydrogen-bond donors (Lipinski definition) is 0. The molecule has 0 heterocycles. The summed E-state index contributed by atoms with van der Waals surface area (Å²) in [6, 6.07) is 12.3. The number of rotatable bonds is 2. The average Bonchev–Trinajstić information content (AvgIpc) is 2.22. The second-order valence-electron chi connectivity index (χ2n) is 3.73. The van der Waals surface area contributed by atoms with E-state index >= 15 is 0 Å². The van der Waals surface area contributed by atoms with E-state index in [4.69, 9.17) is 4.74 Å². The van der Waals surface area contributed by atoms with Crippen LogP contribution in [0.3, 0.4) is 0 Å². The van der Waals surface area contributed by atoms with Crippen LogP contribution >= 0.6 is 0 Å². The molecule has 1 nitrogen and oxygen atoms in total. The van der Waals surface area contributed by atoms with Gasteiger partial charge in [-0.2, -0.15) is 0 Å². The third-order valence-corrected chi connectivity index (χ3v) is 2.39. The van der Waals surface area contributed by atoms with Crippen LogP contribution < -0.4 is 4.74 Å². The molecule has 0 saturated heterocycles. The van der Waals surface area contributed by atoms with Gasteiger partial charge in [-0.25, -0.2) is 0 Å². The summed E-state index contributed by atoms with van der Waals surface area (Å²) < 4.78 is 5.59. The first kappa shape index (κ1) is 9.78. The van der Waals surface area contributed by atoms with Crippen LogP contribution in [0, 0.1) is 6.92 Å². The van der Waals surface area contributed by atoms with Gasteiger partial charge in [-0.3, -0.25) is 0 Å². The van der Waals surface area contributed by atoms with Crippen LogP contribution in [0.1, 0.15) is 12.5 Å². The topological polar surface area (TPSA) is 9.23 Å². The highest BCUT2D eigenvalue weighted by molar-refractivity contribution is 5.90. The Morgan fingerprint density at radius 3 is 2.40 bits per heavy atom. The van der Waals surface area contributed by atoms with Gasteiger partial charge in [-0.1, -0.05) is 36.9 Å².